The molecule has 1 unspecified atom stereocenters. The van der Waals surface area contributed by atoms with Gasteiger partial charge in [0.25, 0.3) is 0 Å². The Bertz CT molecular complexity index is 408. The highest BCUT2D eigenvalue weighted by Gasteiger charge is 2.25. The Morgan fingerprint density at radius 3 is 3.00 bits per heavy atom. The molecule has 0 spiro atoms. The van der Waals surface area contributed by atoms with Gasteiger partial charge in [-0.2, -0.15) is 5.10 Å². The summed E-state index contributed by atoms with van der Waals surface area (Å²) in [5.41, 5.74) is 0. The van der Waals surface area contributed by atoms with Crippen molar-refractivity contribution in [3.8, 4) is 0 Å². The van der Waals surface area contributed by atoms with Crippen LogP contribution in [0.1, 0.15) is 24.7 Å². The highest BCUT2D eigenvalue weighted by atomic mass is 32.1. The molecule has 1 fully saturated rings. The van der Waals surface area contributed by atoms with Gasteiger partial charge in [-0.05, 0) is 32.0 Å². The molecule has 1 aromatic rings. The number of nitrogens with zero attached hydrogens (tertiary/aromatic N) is 2. The van der Waals surface area contributed by atoms with Crippen LogP contribution in [0.3, 0.4) is 0 Å². The fourth-order valence-corrected chi connectivity index (χ4v) is 2.06. The second-order valence-corrected chi connectivity index (χ2v) is 3.78. The number of H-pyrrole nitrogens is 1. The molecular weight excluding hydrogens is 200 g/mol. The first kappa shape index (κ1) is 9.39. The van der Waals surface area contributed by atoms with Gasteiger partial charge in [0.05, 0.1) is 0 Å². The van der Waals surface area contributed by atoms with Crippen LogP contribution >= 0.6 is 12.2 Å². The Kier molecular flexibility index (Phi) is 2.37. The molecule has 14 heavy (non-hydrogen) atoms. The smallest absolute Gasteiger partial charge is 0.243 e. The maximum absolute atomic E-state index is 11.6. The number of rotatable bonds is 1. The first-order valence-electron chi connectivity index (χ1n) is 4.61. The van der Waals surface area contributed by atoms with Crippen LogP contribution in [0.2, 0.25) is 0 Å². The number of piperidine rings is 1. The van der Waals surface area contributed by atoms with E-state index in [1.807, 2.05) is 6.92 Å². The molecule has 1 aliphatic heterocycles. The molecule has 76 valence electrons. The Balaban J connectivity index is 2.38. The molecule has 2 N–H and O–H groups in total. The summed E-state index contributed by atoms with van der Waals surface area (Å²) < 4.78 is 2.30. The molecule has 0 aliphatic carbocycles. The number of aryl methyl sites for hydroxylation is 1. The van der Waals surface area contributed by atoms with E-state index in [1.165, 1.54) is 0 Å². The normalized spacial score (nSPS) is 22.1. The third kappa shape index (κ3) is 1.45. The van der Waals surface area contributed by atoms with Crippen molar-refractivity contribution in [3.63, 3.8) is 0 Å². The Morgan fingerprint density at radius 2 is 2.43 bits per heavy atom. The lowest BCUT2D eigenvalue weighted by Gasteiger charge is -2.23. The SMILES string of the molecule is Cc1n[nH]c(=S)n1C1CCCNC1=O. The highest BCUT2D eigenvalue weighted by molar-refractivity contribution is 7.71. The van der Waals surface area contributed by atoms with E-state index >= 15 is 0 Å². The molecule has 0 aromatic carbocycles. The van der Waals surface area contributed by atoms with Gasteiger partial charge in [-0.3, -0.25) is 14.5 Å². The molecule has 1 amide bonds. The number of aromatic amines is 1. The summed E-state index contributed by atoms with van der Waals surface area (Å²) in [7, 11) is 0. The lowest BCUT2D eigenvalue weighted by atomic mass is 10.1. The van der Waals surface area contributed by atoms with Crippen molar-refractivity contribution in [2.45, 2.75) is 25.8 Å². The van der Waals surface area contributed by atoms with Gasteiger partial charge < -0.3 is 5.32 Å². The van der Waals surface area contributed by atoms with Crippen LogP contribution in [0.25, 0.3) is 0 Å². The molecule has 0 saturated carbocycles. The molecule has 0 radical (unpaired) electrons. The summed E-state index contributed by atoms with van der Waals surface area (Å²) in [6.07, 6.45) is 1.82. The molecule has 1 aliphatic rings. The van der Waals surface area contributed by atoms with Crippen molar-refractivity contribution in [2.75, 3.05) is 6.54 Å². The second-order valence-electron chi connectivity index (χ2n) is 3.40. The van der Waals surface area contributed by atoms with Crippen LogP contribution in [0, 0.1) is 11.7 Å². The molecule has 2 heterocycles. The Hall–Kier alpha value is -1.17. The molecule has 1 saturated heterocycles. The summed E-state index contributed by atoms with van der Waals surface area (Å²) in [5, 5.41) is 9.51. The topological polar surface area (TPSA) is 62.7 Å². The van der Waals surface area contributed by atoms with Gasteiger partial charge in [0.15, 0.2) is 4.77 Å². The third-order valence-electron chi connectivity index (χ3n) is 2.45. The molecule has 0 bridgehead atoms. The van der Waals surface area contributed by atoms with E-state index in [2.05, 4.69) is 15.5 Å². The van der Waals surface area contributed by atoms with E-state index in [-0.39, 0.29) is 11.9 Å². The van der Waals surface area contributed by atoms with Crippen molar-refractivity contribution in [1.82, 2.24) is 20.1 Å². The van der Waals surface area contributed by atoms with Crippen LogP contribution in [0.4, 0.5) is 0 Å². The van der Waals surface area contributed by atoms with Crippen LogP contribution in [-0.4, -0.2) is 27.2 Å². The van der Waals surface area contributed by atoms with E-state index in [0.717, 1.165) is 25.2 Å². The number of amides is 1. The van der Waals surface area contributed by atoms with Gasteiger partial charge in [-0.1, -0.05) is 0 Å². The van der Waals surface area contributed by atoms with Crippen LogP contribution in [-0.2, 0) is 4.79 Å². The maximum atomic E-state index is 11.6. The standard InChI is InChI=1S/C8H12N4OS/c1-5-10-11-8(14)12(5)6-3-2-4-9-7(6)13/h6H,2-4H2,1H3,(H,9,13)(H,11,14). The number of nitrogens with one attached hydrogen (secondary N) is 2. The quantitative estimate of drug-likeness (QED) is 0.674. The lowest BCUT2D eigenvalue weighted by Crippen LogP contribution is -2.38. The minimum atomic E-state index is -0.185. The molecule has 1 atom stereocenters. The number of carbonyl (C=O) groups excluding carboxylic acids is 1. The summed E-state index contributed by atoms with van der Waals surface area (Å²) in [4.78, 5) is 11.6. The molecule has 5 nitrogen and oxygen atoms in total. The van der Waals surface area contributed by atoms with Gasteiger partial charge in [-0.25, -0.2) is 0 Å². The van der Waals surface area contributed by atoms with E-state index in [0.29, 0.717) is 4.77 Å². The summed E-state index contributed by atoms with van der Waals surface area (Å²) >= 11 is 5.07. The summed E-state index contributed by atoms with van der Waals surface area (Å²) in [6, 6.07) is -0.185. The van der Waals surface area contributed by atoms with Gasteiger partial charge in [0.1, 0.15) is 11.9 Å². The zero-order valence-electron chi connectivity index (χ0n) is 7.91. The fraction of sp³-hybridized carbons (Fsp3) is 0.625. The van der Waals surface area contributed by atoms with Crippen molar-refractivity contribution in [3.05, 3.63) is 10.6 Å². The Labute approximate surface area is 86.5 Å². The third-order valence-corrected chi connectivity index (χ3v) is 2.74. The van der Waals surface area contributed by atoms with Crippen LogP contribution in [0.5, 0.6) is 0 Å². The van der Waals surface area contributed by atoms with Gasteiger partial charge in [0.2, 0.25) is 5.91 Å². The first-order valence-corrected chi connectivity index (χ1v) is 5.02. The second kappa shape index (κ2) is 3.53. The van der Waals surface area contributed by atoms with Crippen molar-refractivity contribution in [2.24, 2.45) is 0 Å². The van der Waals surface area contributed by atoms with Gasteiger partial charge in [0, 0.05) is 6.54 Å². The monoisotopic (exact) mass is 212 g/mol. The van der Waals surface area contributed by atoms with Crippen molar-refractivity contribution < 1.29 is 4.79 Å². The van der Waals surface area contributed by atoms with E-state index < -0.39 is 0 Å². The zero-order valence-corrected chi connectivity index (χ0v) is 8.73. The van der Waals surface area contributed by atoms with E-state index in [4.69, 9.17) is 12.2 Å². The zero-order chi connectivity index (χ0) is 10.1. The van der Waals surface area contributed by atoms with E-state index in [1.54, 1.807) is 4.57 Å². The predicted octanol–water partition coefficient (Wildman–Crippen LogP) is 0.700. The average Bonchev–Trinajstić information content (AvgIpc) is 2.48. The predicted molar refractivity (Wildman–Crippen MR) is 53.4 cm³/mol. The van der Waals surface area contributed by atoms with Crippen molar-refractivity contribution >= 4 is 18.1 Å². The maximum Gasteiger partial charge on any atom is 0.243 e. The minimum Gasteiger partial charge on any atom is -0.354 e. The lowest BCUT2D eigenvalue weighted by molar-refractivity contribution is -0.125. The van der Waals surface area contributed by atoms with Gasteiger partial charge in [-0.15, -0.1) is 0 Å². The number of carbonyl (C=O) groups is 1. The number of hydrogen-bond acceptors (Lipinski definition) is 3. The Morgan fingerprint density at radius 1 is 1.64 bits per heavy atom. The fourth-order valence-electron chi connectivity index (χ4n) is 1.75. The molecule has 6 heteroatoms. The number of aromatic nitrogens is 3. The van der Waals surface area contributed by atoms with E-state index in [9.17, 15) is 4.79 Å². The van der Waals surface area contributed by atoms with Crippen LogP contribution < -0.4 is 5.32 Å². The number of hydrogen-bond donors (Lipinski definition) is 2. The average molecular weight is 212 g/mol. The summed E-state index contributed by atoms with van der Waals surface area (Å²) in [5.74, 6) is 0.800. The molecule has 2 rings (SSSR count). The highest BCUT2D eigenvalue weighted by Crippen LogP contribution is 2.19. The summed E-state index contributed by atoms with van der Waals surface area (Å²) in [6.45, 7) is 2.60. The van der Waals surface area contributed by atoms with Crippen LogP contribution in [0.15, 0.2) is 0 Å². The van der Waals surface area contributed by atoms with Crippen molar-refractivity contribution in [1.29, 1.82) is 0 Å². The molecule has 1 aromatic heterocycles. The first-order chi connectivity index (χ1) is 6.70. The van der Waals surface area contributed by atoms with Gasteiger partial charge >= 0.3 is 0 Å². The molecular formula is C8H12N4OS. The minimum absolute atomic E-state index is 0.0388. The largest absolute Gasteiger partial charge is 0.354 e.